The summed E-state index contributed by atoms with van der Waals surface area (Å²) in [5.74, 6) is -1.03. The van der Waals surface area contributed by atoms with Crippen LogP contribution in [0.3, 0.4) is 0 Å². The number of hydrogen-bond donors (Lipinski definition) is 1. The molecular weight excluding hydrogens is 379 g/mol. The molecule has 0 radical (unpaired) electrons. The summed E-state index contributed by atoms with van der Waals surface area (Å²) in [6.45, 7) is 2.27. The Labute approximate surface area is 155 Å². The SMILES string of the molecule is CCCS(=O)(=O)N1CCCC1c1nnc(C(=O)Nc2ccccc2F)s1. The molecule has 1 amide bonds. The zero-order valence-corrected chi connectivity index (χ0v) is 15.8. The summed E-state index contributed by atoms with van der Waals surface area (Å²) < 4.78 is 39.9. The van der Waals surface area contributed by atoms with Crippen LogP contribution in [0.5, 0.6) is 0 Å². The van der Waals surface area contributed by atoms with Gasteiger partial charge in [0.2, 0.25) is 15.0 Å². The average Bonchev–Trinajstić information content (AvgIpc) is 3.26. The number of nitrogens with zero attached hydrogens (tertiary/aromatic N) is 3. The number of carbonyl (C=O) groups excluding carboxylic acids is 1. The maximum absolute atomic E-state index is 13.7. The molecule has 0 aliphatic carbocycles. The highest BCUT2D eigenvalue weighted by Crippen LogP contribution is 2.36. The van der Waals surface area contributed by atoms with Crippen LogP contribution in [0.4, 0.5) is 10.1 Å². The number of sulfonamides is 1. The number of nitrogens with one attached hydrogen (secondary N) is 1. The number of para-hydroxylation sites is 1. The second kappa shape index (κ2) is 7.77. The van der Waals surface area contributed by atoms with E-state index in [-0.39, 0.29) is 22.5 Å². The Morgan fingerprint density at radius 2 is 2.15 bits per heavy atom. The molecule has 140 valence electrons. The van der Waals surface area contributed by atoms with E-state index in [1.165, 1.54) is 22.5 Å². The van der Waals surface area contributed by atoms with Crippen molar-refractivity contribution in [3.05, 3.63) is 40.1 Å². The van der Waals surface area contributed by atoms with E-state index in [0.29, 0.717) is 24.4 Å². The van der Waals surface area contributed by atoms with Gasteiger partial charge >= 0.3 is 0 Å². The van der Waals surface area contributed by atoms with Crippen molar-refractivity contribution in [3.8, 4) is 0 Å². The van der Waals surface area contributed by atoms with Crippen molar-refractivity contribution < 1.29 is 17.6 Å². The minimum absolute atomic E-state index is 0.0577. The van der Waals surface area contributed by atoms with Gasteiger partial charge in [-0.25, -0.2) is 12.8 Å². The molecule has 10 heteroatoms. The summed E-state index contributed by atoms with van der Waals surface area (Å²) >= 11 is 1.04. The standard InChI is InChI=1S/C16H19FN4O3S2/c1-2-10-26(23,24)21-9-5-8-13(21)15-19-20-16(25-15)14(22)18-12-7-4-3-6-11(12)17/h3-4,6-7,13H,2,5,8-10H2,1H3,(H,18,22). The van der Waals surface area contributed by atoms with Gasteiger partial charge in [-0.05, 0) is 31.4 Å². The van der Waals surface area contributed by atoms with Crippen LogP contribution in [0.2, 0.25) is 0 Å². The highest BCUT2D eigenvalue weighted by molar-refractivity contribution is 7.89. The predicted octanol–water partition coefficient (Wildman–Crippen LogP) is 2.81. The third-order valence-electron chi connectivity index (χ3n) is 4.07. The second-order valence-corrected chi connectivity index (χ2v) is 9.01. The first-order chi connectivity index (χ1) is 12.4. The normalized spacial score (nSPS) is 18.2. The van der Waals surface area contributed by atoms with Crippen LogP contribution in [0.1, 0.15) is 47.0 Å². The maximum atomic E-state index is 13.7. The van der Waals surface area contributed by atoms with E-state index < -0.39 is 21.7 Å². The fourth-order valence-electron chi connectivity index (χ4n) is 2.89. The van der Waals surface area contributed by atoms with Crippen LogP contribution in [0.15, 0.2) is 24.3 Å². The van der Waals surface area contributed by atoms with Gasteiger partial charge < -0.3 is 5.32 Å². The van der Waals surface area contributed by atoms with Crippen LogP contribution >= 0.6 is 11.3 Å². The summed E-state index contributed by atoms with van der Waals surface area (Å²) in [5.41, 5.74) is 0.0577. The molecule has 1 aromatic carbocycles. The highest BCUT2D eigenvalue weighted by Gasteiger charge is 2.37. The molecule has 1 N–H and O–H groups in total. The van der Waals surface area contributed by atoms with Gasteiger partial charge in [0.15, 0.2) is 0 Å². The first-order valence-corrected chi connectivity index (χ1v) is 10.7. The second-order valence-electron chi connectivity index (χ2n) is 5.96. The van der Waals surface area contributed by atoms with Gasteiger partial charge in [-0.2, -0.15) is 4.31 Å². The Bertz CT molecular complexity index is 900. The van der Waals surface area contributed by atoms with Crippen molar-refractivity contribution in [2.75, 3.05) is 17.6 Å². The van der Waals surface area contributed by atoms with Crippen molar-refractivity contribution in [1.82, 2.24) is 14.5 Å². The zero-order valence-electron chi connectivity index (χ0n) is 14.2. The van der Waals surface area contributed by atoms with Crippen LogP contribution in [-0.4, -0.2) is 41.1 Å². The summed E-state index contributed by atoms with van der Waals surface area (Å²) in [7, 11) is -3.35. The Morgan fingerprint density at radius 1 is 1.38 bits per heavy atom. The van der Waals surface area contributed by atoms with E-state index >= 15 is 0 Å². The maximum Gasteiger partial charge on any atom is 0.286 e. The first kappa shape index (κ1) is 18.9. The molecule has 0 spiro atoms. The molecule has 2 aromatic rings. The average molecular weight is 398 g/mol. The summed E-state index contributed by atoms with van der Waals surface area (Å²) in [6.07, 6.45) is 1.93. The quantitative estimate of drug-likeness (QED) is 0.808. The fraction of sp³-hybridized carbons (Fsp3) is 0.438. The molecule has 1 fully saturated rings. The van der Waals surface area contributed by atoms with E-state index in [9.17, 15) is 17.6 Å². The Morgan fingerprint density at radius 3 is 2.88 bits per heavy atom. The lowest BCUT2D eigenvalue weighted by Gasteiger charge is -2.21. The molecule has 7 nitrogen and oxygen atoms in total. The number of carbonyl (C=O) groups is 1. The van der Waals surface area contributed by atoms with E-state index in [4.69, 9.17) is 0 Å². The van der Waals surface area contributed by atoms with Gasteiger partial charge in [0, 0.05) is 6.54 Å². The zero-order chi connectivity index (χ0) is 18.7. The number of amides is 1. The molecule has 26 heavy (non-hydrogen) atoms. The molecule has 1 aliphatic rings. The lowest BCUT2D eigenvalue weighted by Crippen LogP contribution is -2.32. The number of aromatic nitrogens is 2. The van der Waals surface area contributed by atoms with Gasteiger partial charge in [0.1, 0.15) is 10.8 Å². The number of anilines is 1. The van der Waals surface area contributed by atoms with E-state index in [1.807, 2.05) is 6.92 Å². The van der Waals surface area contributed by atoms with E-state index in [0.717, 1.165) is 17.8 Å². The van der Waals surface area contributed by atoms with Gasteiger partial charge in [0.25, 0.3) is 5.91 Å². The van der Waals surface area contributed by atoms with Gasteiger partial charge in [0.05, 0.1) is 17.5 Å². The Kier molecular flexibility index (Phi) is 5.64. The highest BCUT2D eigenvalue weighted by atomic mass is 32.2. The van der Waals surface area contributed by atoms with Crippen LogP contribution in [0, 0.1) is 5.82 Å². The van der Waals surface area contributed by atoms with Crippen molar-refractivity contribution >= 4 is 33.0 Å². The van der Waals surface area contributed by atoms with Crippen molar-refractivity contribution in [2.45, 2.75) is 32.2 Å². The van der Waals surface area contributed by atoms with E-state index in [2.05, 4.69) is 15.5 Å². The molecule has 1 unspecified atom stereocenters. The summed E-state index contributed by atoms with van der Waals surface area (Å²) in [6, 6.07) is 5.44. The summed E-state index contributed by atoms with van der Waals surface area (Å²) in [5, 5.41) is 10.9. The number of benzene rings is 1. The molecule has 1 saturated heterocycles. The predicted molar refractivity (Wildman–Crippen MR) is 97.0 cm³/mol. The topological polar surface area (TPSA) is 92.3 Å². The molecule has 3 rings (SSSR count). The van der Waals surface area contributed by atoms with Gasteiger partial charge in [-0.1, -0.05) is 30.4 Å². The molecule has 0 saturated carbocycles. The molecule has 1 atom stereocenters. The minimum Gasteiger partial charge on any atom is -0.317 e. The van der Waals surface area contributed by atoms with Crippen LogP contribution < -0.4 is 5.32 Å². The van der Waals surface area contributed by atoms with Crippen LogP contribution in [0.25, 0.3) is 0 Å². The molecule has 2 heterocycles. The Hall–Kier alpha value is -1.91. The van der Waals surface area contributed by atoms with Gasteiger partial charge in [-0.3, -0.25) is 4.79 Å². The summed E-state index contributed by atoms with van der Waals surface area (Å²) in [4.78, 5) is 12.3. The number of halogens is 1. The molecule has 1 aromatic heterocycles. The van der Waals surface area contributed by atoms with Crippen molar-refractivity contribution in [3.63, 3.8) is 0 Å². The number of rotatable bonds is 6. The lowest BCUT2D eigenvalue weighted by atomic mass is 10.2. The molecule has 1 aliphatic heterocycles. The molecular formula is C16H19FN4O3S2. The van der Waals surface area contributed by atoms with Gasteiger partial charge in [-0.15, -0.1) is 10.2 Å². The smallest absolute Gasteiger partial charge is 0.286 e. The van der Waals surface area contributed by atoms with E-state index in [1.54, 1.807) is 6.07 Å². The van der Waals surface area contributed by atoms with Crippen LogP contribution in [-0.2, 0) is 10.0 Å². The van der Waals surface area contributed by atoms with Crippen molar-refractivity contribution in [1.29, 1.82) is 0 Å². The monoisotopic (exact) mass is 398 g/mol. The third-order valence-corrected chi connectivity index (χ3v) is 7.16. The molecule has 0 bridgehead atoms. The Balaban J connectivity index is 1.77. The largest absolute Gasteiger partial charge is 0.317 e. The fourth-order valence-corrected chi connectivity index (χ4v) is 5.60. The number of hydrogen-bond acceptors (Lipinski definition) is 6. The third kappa shape index (κ3) is 3.92. The minimum atomic E-state index is -3.35. The van der Waals surface area contributed by atoms with Crippen molar-refractivity contribution in [2.24, 2.45) is 0 Å². The first-order valence-electron chi connectivity index (χ1n) is 8.31. The lowest BCUT2D eigenvalue weighted by molar-refractivity contribution is 0.102.